The van der Waals surface area contributed by atoms with Gasteiger partial charge in [-0.15, -0.1) is 0 Å². The maximum atomic E-state index is 12.2. The highest BCUT2D eigenvalue weighted by Crippen LogP contribution is 2.22. The van der Waals surface area contributed by atoms with Crippen molar-refractivity contribution in [2.24, 2.45) is 0 Å². The molecule has 2 N–H and O–H groups in total. The van der Waals surface area contributed by atoms with Crippen molar-refractivity contribution in [3.05, 3.63) is 35.4 Å². The summed E-state index contributed by atoms with van der Waals surface area (Å²) in [6, 6.07) is 9.05. The van der Waals surface area contributed by atoms with Crippen LogP contribution >= 0.6 is 0 Å². The van der Waals surface area contributed by atoms with Crippen molar-refractivity contribution in [3.8, 4) is 0 Å². The van der Waals surface area contributed by atoms with Crippen LogP contribution in [0.1, 0.15) is 44.9 Å². The van der Waals surface area contributed by atoms with Gasteiger partial charge in [0.25, 0.3) is 0 Å². The van der Waals surface area contributed by atoms with E-state index in [-0.39, 0.29) is 17.5 Å². The maximum absolute atomic E-state index is 12.2. The minimum Gasteiger partial charge on any atom is -0.350 e. The quantitative estimate of drug-likeness (QED) is 0.895. The van der Waals surface area contributed by atoms with Crippen LogP contribution in [0.2, 0.25) is 0 Å². The van der Waals surface area contributed by atoms with Gasteiger partial charge in [0.2, 0.25) is 5.91 Å². The number of piperazine rings is 1. The fourth-order valence-electron chi connectivity index (χ4n) is 2.88. The SMILES string of the molecule is CCc1ccc(C2CNCCN2CC(=O)NC(C)(C)C)cc1. The Bertz CT molecular complexity index is 490. The summed E-state index contributed by atoms with van der Waals surface area (Å²) in [4.78, 5) is 14.5. The Kier molecular flexibility index (Phi) is 5.59. The van der Waals surface area contributed by atoms with Crippen LogP contribution < -0.4 is 10.6 Å². The molecule has 0 aliphatic carbocycles. The molecule has 1 atom stereocenters. The van der Waals surface area contributed by atoms with E-state index >= 15 is 0 Å². The largest absolute Gasteiger partial charge is 0.350 e. The maximum Gasteiger partial charge on any atom is 0.234 e. The number of hydrogen-bond acceptors (Lipinski definition) is 3. The zero-order valence-electron chi connectivity index (χ0n) is 14.3. The van der Waals surface area contributed by atoms with Gasteiger partial charge in [0, 0.05) is 31.2 Å². The van der Waals surface area contributed by atoms with E-state index in [0.717, 1.165) is 26.1 Å². The Morgan fingerprint density at radius 2 is 2.00 bits per heavy atom. The third-order valence-electron chi connectivity index (χ3n) is 3.99. The van der Waals surface area contributed by atoms with Crippen LogP contribution in [0.5, 0.6) is 0 Å². The highest BCUT2D eigenvalue weighted by molar-refractivity contribution is 5.78. The van der Waals surface area contributed by atoms with Gasteiger partial charge in [-0.2, -0.15) is 0 Å². The van der Waals surface area contributed by atoms with Crippen molar-refractivity contribution in [1.82, 2.24) is 15.5 Å². The van der Waals surface area contributed by atoms with Crippen LogP contribution in [0.15, 0.2) is 24.3 Å². The normalized spacial score (nSPS) is 19.9. The van der Waals surface area contributed by atoms with E-state index < -0.39 is 0 Å². The zero-order valence-corrected chi connectivity index (χ0v) is 14.3. The van der Waals surface area contributed by atoms with Crippen molar-refractivity contribution >= 4 is 5.91 Å². The number of amides is 1. The Labute approximate surface area is 134 Å². The van der Waals surface area contributed by atoms with Crippen molar-refractivity contribution < 1.29 is 4.79 Å². The van der Waals surface area contributed by atoms with E-state index in [1.165, 1.54) is 11.1 Å². The predicted octanol–water partition coefficient (Wildman–Crippen LogP) is 2.11. The minimum atomic E-state index is -0.177. The molecule has 2 rings (SSSR count). The first-order valence-corrected chi connectivity index (χ1v) is 8.23. The first kappa shape index (κ1) is 17.0. The van der Waals surface area contributed by atoms with Crippen LogP contribution in [0, 0.1) is 0 Å². The molecule has 1 unspecified atom stereocenters. The Balaban J connectivity index is 2.05. The highest BCUT2D eigenvalue weighted by atomic mass is 16.2. The molecule has 0 spiro atoms. The molecule has 0 aromatic heterocycles. The van der Waals surface area contributed by atoms with Crippen LogP contribution in [0.4, 0.5) is 0 Å². The summed E-state index contributed by atoms with van der Waals surface area (Å²) in [5.74, 6) is 0.101. The molecule has 1 aliphatic heterocycles. The number of hydrogen-bond donors (Lipinski definition) is 2. The minimum absolute atomic E-state index is 0.101. The molecule has 1 aliphatic rings. The van der Waals surface area contributed by atoms with Gasteiger partial charge in [0.05, 0.1) is 6.54 Å². The van der Waals surface area contributed by atoms with E-state index in [4.69, 9.17) is 0 Å². The molecule has 1 heterocycles. The topological polar surface area (TPSA) is 44.4 Å². The molecule has 22 heavy (non-hydrogen) atoms. The van der Waals surface area contributed by atoms with Gasteiger partial charge in [-0.3, -0.25) is 9.69 Å². The Morgan fingerprint density at radius 1 is 1.32 bits per heavy atom. The smallest absolute Gasteiger partial charge is 0.234 e. The third kappa shape index (κ3) is 4.82. The van der Waals surface area contributed by atoms with Crippen LogP contribution in [-0.4, -0.2) is 42.5 Å². The average Bonchev–Trinajstić information content (AvgIpc) is 2.46. The fourth-order valence-corrected chi connectivity index (χ4v) is 2.88. The van der Waals surface area contributed by atoms with Gasteiger partial charge in [-0.05, 0) is 38.3 Å². The van der Waals surface area contributed by atoms with Gasteiger partial charge in [0.1, 0.15) is 0 Å². The summed E-state index contributed by atoms with van der Waals surface area (Å²) in [7, 11) is 0. The third-order valence-corrected chi connectivity index (χ3v) is 3.99. The Hall–Kier alpha value is -1.39. The molecule has 4 heteroatoms. The number of nitrogens with one attached hydrogen (secondary N) is 2. The van der Waals surface area contributed by atoms with Gasteiger partial charge in [-0.25, -0.2) is 0 Å². The molecule has 122 valence electrons. The van der Waals surface area contributed by atoms with Gasteiger partial charge < -0.3 is 10.6 Å². The molecule has 1 aromatic carbocycles. The first-order chi connectivity index (χ1) is 10.4. The van der Waals surface area contributed by atoms with E-state index in [9.17, 15) is 4.79 Å². The average molecular weight is 303 g/mol. The molecule has 0 saturated carbocycles. The molecular formula is C18H29N3O. The first-order valence-electron chi connectivity index (χ1n) is 8.23. The molecular weight excluding hydrogens is 274 g/mol. The summed E-state index contributed by atoms with van der Waals surface area (Å²) in [5.41, 5.74) is 2.46. The summed E-state index contributed by atoms with van der Waals surface area (Å²) in [5, 5.41) is 6.50. The standard InChI is InChI=1S/C18H29N3O/c1-5-14-6-8-15(9-7-14)16-12-19-10-11-21(16)13-17(22)20-18(2,3)4/h6-9,16,19H,5,10-13H2,1-4H3,(H,20,22). The summed E-state index contributed by atoms with van der Waals surface area (Å²) in [6.07, 6.45) is 1.06. The molecule has 1 aromatic rings. The lowest BCUT2D eigenvalue weighted by atomic mass is 10.0. The lowest BCUT2D eigenvalue weighted by Crippen LogP contribution is -2.51. The number of benzene rings is 1. The monoisotopic (exact) mass is 303 g/mol. The molecule has 1 saturated heterocycles. The van der Waals surface area contributed by atoms with Crippen molar-refractivity contribution in [1.29, 1.82) is 0 Å². The van der Waals surface area contributed by atoms with Gasteiger partial charge >= 0.3 is 0 Å². The van der Waals surface area contributed by atoms with Crippen LogP contribution in [-0.2, 0) is 11.2 Å². The molecule has 1 amide bonds. The fraction of sp³-hybridized carbons (Fsp3) is 0.611. The van der Waals surface area contributed by atoms with E-state index in [2.05, 4.69) is 46.7 Å². The van der Waals surface area contributed by atoms with Crippen LogP contribution in [0.3, 0.4) is 0 Å². The predicted molar refractivity (Wildman–Crippen MR) is 90.9 cm³/mol. The Morgan fingerprint density at radius 3 is 2.59 bits per heavy atom. The molecule has 0 bridgehead atoms. The number of carbonyl (C=O) groups excluding carboxylic acids is 1. The molecule has 1 fully saturated rings. The second kappa shape index (κ2) is 7.25. The summed E-state index contributed by atoms with van der Waals surface area (Å²) < 4.78 is 0. The summed E-state index contributed by atoms with van der Waals surface area (Å²) >= 11 is 0. The number of nitrogens with zero attached hydrogens (tertiary/aromatic N) is 1. The van der Waals surface area contributed by atoms with Gasteiger partial charge in [0.15, 0.2) is 0 Å². The van der Waals surface area contributed by atoms with E-state index in [1.807, 2.05) is 20.8 Å². The second-order valence-electron chi connectivity index (χ2n) is 7.08. The van der Waals surface area contributed by atoms with Crippen molar-refractivity contribution in [2.45, 2.75) is 45.7 Å². The zero-order chi connectivity index (χ0) is 16.2. The lowest BCUT2D eigenvalue weighted by Gasteiger charge is -2.36. The van der Waals surface area contributed by atoms with Crippen LogP contribution in [0.25, 0.3) is 0 Å². The number of rotatable bonds is 4. The van der Waals surface area contributed by atoms with Crippen molar-refractivity contribution in [2.75, 3.05) is 26.2 Å². The second-order valence-corrected chi connectivity index (χ2v) is 7.08. The molecule has 4 nitrogen and oxygen atoms in total. The van der Waals surface area contributed by atoms with Gasteiger partial charge in [-0.1, -0.05) is 31.2 Å². The summed E-state index contributed by atoms with van der Waals surface area (Å²) in [6.45, 7) is 11.4. The van der Waals surface area contributed by atoms with E-state index in [0.29, 0.717) is 6.54 Å². The highest BCUT2D eigenvalue weighted by Gasteiger charge is 2.26. The molecule has 0 radical (unpaired) electrons. The van der Waals surface area contributed by atoms with Crippen molar-refractivity contribution in [3.63, 3.8) is 0 Å². The number of carbonyl (C=O) groups is 1. The van der Waals surface area contributed by atoms with E-state index in [1.54, 1.807) is 0 Å². The lowest BCUT2D eigenvalue weighted by molar-refractivity contribution is -0.124. The number of aryl methyl sites for hydroxylation is 1.